The fourth-order valence-corrected chi connectivity index (χ4v) is 4.11. The molecule has 0 aliphatic heterocycles. The van der Waals surface area contributed by atoms with Crippen molar-refractivity contribution in [1.82, 2.24) is 24.7 Å². The van der Waals surface area contributed by atoms with Crippen molar-refractivity contribution in [2.24, 2.45) is 0 Å². The van der Waals surface area contributed by atoms with Gasteiger partial charge in [-0.3, -0.25) is 9.78 Å². The number of methoxy groups -OCH3 is 1. The Balaban J connectivity index is 1.64. The largest absolute Gasteiger partial charge is 0.497 e. The van der Waals surface area contributed by atoms with Crippen LogP contribution in [0.25, 0.3) is 38.8 Å². The zero-order valence-corrected chi connectivity index (χ0v) is 17.9. The first-order valence-electron chi connectivity index (χ1n) is 9.81. The van der Waals surface area contributed by atoms with Crippen LogP contribution in [0.15, 0.2) is 77.9 Å². The van der Waals surface area contributed by atoms with Crippen LogP contribution in [0, 0.1) is 0 Å². The third-order valence-electron chi connectivity index (χ3n) is 4.88. The average Bonchev–Trinajstić information content (AvgIpc) is 3.33. The first kappa shape index (κ1) is 19.8. The lowest BCUT2D eigenvalue weighted by atomic mass is 10.2. The van der Waals surface area contributed by atoms with Crippen molar-refractivity contribution in [3.63, 3.8) is 0 Å². The minimum absolute atomic E-state index is 0.192. The average molecular weight is 440 g/mol. The molecule has 2 aromatic carbocycles. The summed E-state index contributed by atoms with van der Waals surface area (Å²) in [5.41, 5.74) is 2.28. The topological polar surface area (TPSA) is 82.8 Å². The van der Waals surface area contributed by atoms with Gasteiger partial charge < -0.3 is 4.74 Å². The molecule has 0 amide bonds. The third kappa shape index (κ3) is 3.79. The molecule has 7 nitrogen and oxygen atoms in total. The summed E-state index contributed by atoms with van der Waals surface area (Å²) in [7, 11) is 1.62. The van der Waals surface area contributed by atoms with Crippen LogP contribution in [-0.2, 0) is 0 Å². The lowest BCUT2D eigenvalue weighted by molar-refractivity contribution is 0.415. The van der Waals surface area contributed by atoms with Gasteiger partial charge in [0.2, 0.25) is 5.13 Å². The van der Waals surface area contributed by atoms with E-state index >= 15 is 0 Å². The fraction of sp³-hybridized carbons (Fsp3) is 0.0417. The molecule has 8 heteroatoms. The maximum absolute atomic E-state index is 13.4. The molecule has 0 spiro atoms. The van der Waals surface area contributed by atoms with Gasteiger partial charge in [0.15, 0.2) is 0 Å². The lowest BCUT2D eigenvalue weighted by Crippen LogP contribution is -2.22. The number of rotatable bonds is 5. The number of aromatic nitrogens is 5. The number of hydrogen-bond acceptors (Lipinski definition) is 7. The monoisotopic (exact) mass is 439 g/mol. The number of para-hydroxylation sites is 1. The van der Waals surface area contributed by atoms with Gasteiger partial charge in [-0.1, -0.05) is 29.5 Å². The molecule has 32 heavy (non-hydrogen) atoms. The number of nitrogens with zero attached hydrogens (tertiary/aromatic N) is 5. The maximum Gasteiger partial charge on any atom is 0.268 e. The molecule has 0 saturated heterocycles. The smallest absolute Gasteiger partial charge is 0.268 e. The summed E-state index contributed by atoms with van der Waals surface area (Å²) in [6.45, 7) is 0. The zero-order chi connectivity index (χ0) is 21.9. The second kappa shape index (κ2) is 8.52. The van der Waals surface area contributed by atoms with Crippen LogP contribution in [0.4, 0.5) is 0 Å². The van der Waals surface area contributed by atoms with Crippen LogP contribution < -0.4 is 10.3 Å². The summed E-state index contributed by atoms with van der Waals surface area (Å²) in [6, 6.07) is 18.6. The summed E-state index contributed by atoms with van der Waals surface area (Å²) < 4.78 is 6.72. The number of ether oxygens (including phenoxy) is 1. The molecule has 0 bridgehead atoms. The van der Waals surface area contributed by atoms with Crippen LogP contribution >= 0.6 is 11.3 Å². The first-order valence-corrected chi connectivity index (χ1v) is 10.6. The van der Waals surface area contributed by atoms with E-state index in [1.807, 2.05) is 60.7 Å². The Morgan fingerprint density at radius 3 is 2.50 bits per heavy atom. The molecule has 0 unspecified atom stereocenters. The quantitative estimate of drug-likeness (QED) is 0.402. The summed E-state index contributed by atoms with van der Waals surface area (Å²) in [5.74, 6) is 1.24. The molecule has 3 aromatic heterocycles. The predicted molar refractivity (Wildman–Crippen MR) is 126 cm³/mol. The molecular formula is C24H17N5O2S. The predicted octanol–water partition coefficient (Wildman–Crippen LogP) is 4.48. The van der Waals surface area contributed by atoms with Gasteiger partial charge in [0.25, 0.3) is 5.56 Å². The van der Waals surface area contributed by atoms with E-state index in [0.29, 0.717) is 26.9 Å². The van der Waals surface area contributed by atoms with Crippen molar-refractivity contribution < 1.29 is 4.74 Å². The van der Waals surface area contributed by atoms with Gasteiger partial charge in [0.1, 0.15) is 16.6 Å². The first-order chi connectivity index (χ1) is 15.7. The molecule has 0 fully saturated rings. The van der Waals surface area contributed by atoms with E-state index in [1.54, 1.807) is 31.6 Å². The van der Waals surface area contributed by atoms with Gasteiger partial charge >= 0.3 is 0 Å². The number of fused-ring (bicyclic) bond motifs is 1. The van der Waals surface area contributed by atoms with E-state index in [0.717, 1.165) is 16.9 Å². The van der Waals surface area contributed by atoms with E-state index in [1.165, 1.54) is 15.9 Å². The van der Waals surface area contributed by atoms with Crippen molar-refractivity contribution in [3.8, 4) is 21.5 Å². The third-order valence-corrected chi connectivity index (χ3v) is 5.83. The Hall–Kier alpha value is -4.17. The molecule has 0 atom stereocenters. The minimum atomic E-state index is -0.192. The van der Waals surface area contributed by atoms with Crippen molar-refractivity contribution in [2.45, 2.75) is 0 Å². The van der Waals surface area contributed by atoms with E-state index in [-0.39, 0.29) is 5.56 Å². The van der Waals surface area contributed by atoms with Crippen LogP contribution in [0.3, 0.4) is 0 Å². The Morgan fingerprint density at radius 1 is 0.938 bits per heavy atom. The molecule has 5 rings (SSSR count). The van der Waals surface area contributed by atoms with Crippen LogP contribution in [0.2, 0.25) is 0 Å². The van der Waals surface area contributed by atoms with Crippen LogP contribution in [0.1, 0.15) is 11.4 Å². The molecule has 0 saturated carbocycles. The standard InChI is InChI=1S/C24H17N5O2S/c1-31-18-9-7-17(8-10-18)22-27-28-24(32-22)29-21(11-6-16-12-14-25-15-13-16)26-20-5-3-2-4-19(20)23(29)30/h2-15H,1H3/b11-6+. The number of benzene rings is 2. The van der Waals surface area contributed by atoms with Crippen LogP contribution in [-0.4, -0.2) is 31.8 Å². The second-order valence-corrected chi connectivity index (χ2v) is 7.82. The highest BCUT2D eigenvalue weighted by Crippen LogP contribution is 2.27. The molecule has 0 aliphatic carbocycles. The Kier molecular flexibility index (Phi) is 5.27. The van der Waals surface area contributed by atoms with Crippen molar-refractivity contribution >= 4 is 34.4 Å². The summed E-state index contributed by atoms with van der Waals surface area (Å²) >= 11 is 1.33. The number of pyridine rings is 1. The van der Waals surface area contributed by atoms with E-state index in [2.05, 4.69) is 15.2 Å². The van der Waals surface area contributed by atoms with Crippen molar-refractivity contribution in [1.29, 1.82) is 0 Å². The summed E-state index contributed by atoms with van der Waals surface area (Å²) in [4.78, 5) is 22.1. The van der Waals surface area contributed by atoms with Crippen molar-refractivity contribution in [3.05, 3.63) is 94.8 Å². The second-order valence-electron chi connectivity index (χ2n) is 6.86. The minimum Gasteiger partial charge on any atom is -0.497 e. The Bertz CT molecular complexity index is 1470. The van der Waals surface area contributed by atoms with Gasteiger partial charge in [-0.2, -0.15) is 0 Å². The fourth-order valence-electron chi connectivity index (χ4n) is 3.25. The van der Waals surface area contributed by atoms with Gasteiger partial charge in [-0.05, 0) is 60.2 Å². The van der Waals surface area contributed by atoms with E-state index in [4.69, 9.17) is 9.72 Å². The van der Waals surface area contributed by atoms with Crippen LogP contribution in [0.5, 0.6) is 5.75 Å². The maximum atomic E-state index is 13.4. The highest BCUT2D eigenvalue weighted by Gasteiger charge is 2.16. The molecular weight excluding hydrogens is 422 g/mol. The highest BCUT2D eigenvalue weighted by atomic mass is 32.1. The van der Waals surface area contributed by atoms with Gasteiger partial charge in [0.05, 0.1) is 18.0 Å². The van der Waals surface area contributed by atoms with E-state index < -0.39 is 0 Å². The molecule has 0 N–H and O–H groups in total. The molecule has 5 aromatic rings. The lowest BCUT2D eigenvalue weighted by Gasteiger charge is -2.07. The Labute approximate surface area is 187 Å². The van der Waals surface area contributed by atoms with Gasteiger partial charge in [-0.25, -0.2) is 9.55 Å². The molecule has 3 heterocycles. The highest BCUT2D eigenvalue weighted by molar-refractivity contribution is 7.17. The molecule has 156 valence electrons. The zero-order valence-electron chi connectivity index (χ0n) is 17.0. The molecule has 0 aliphatic rings. The summed E-state index contributed by atoms with van der Waals surface area (Å²) in [5, 5.41) is 10.3. The molecule has 0 radical (unpaired) electrons. The summed E-state index contributed by atoms with van der Waals surface area (Å²) in [6.07, 6.45) is 7.12. The van der Waals surface area contributed by atoms with Crippen molar-refractivity contribution in [2.75, 3.05) is 7.11 Å². The van der Waals surface area contributed by atoms with Gasteiger partial charge in [-0.15, -0.1) is 10.2 Å². The Morgan fingerprint density at radius 2 is 1.72 bits per heavy atom. The SMILES string of the molecule is COc1ccc(-c2nnc(-n3c(/C=C/c4ccncc4)nc4ccccc4c3=O)s2)cc1. The normalized spacial score (nSPS) is 11.3. The number of hydrogen-bond donors (Lipinski definition) is 0. The van der Waals surface area contributed by atoms with E-state index in [9.17, 15) is 4.79 Å². The van der Waals surface area contributed by atoms with Gasteiger partial charge in [0, 0.05) is 18.0 Å².